The average molecular weight is 374 g/mol. The first-order chi connectivity index (χ1) is 13.5. The standard InChI is InChI=1S/C21H18N4O3/c1-3-28-21(27)19-13-23-25(14(19)2)18-9-7-17(8-10-18)24-20(26)16-6-4-5-15(11-16)12-22/h4-11,13H,3H2,1-2H3,(H,24,26). The molecule has 1 amide bonds. The van der Waals surface area contributed by atoms with Gasteiger partial charge in [-0.15, -0.1) is 0 Å². The highest BCUT2D eigenvalue weighted by Crippen LogP contribution is 2.18. The third-order valence-corrected chi connectivity index (χ3v) is 4.13. The zero-order chi connectivity index (χ0) is 20.1. The molecule has 140 valence electrons. The van der Waals surface area contributed by atoms with Gasteiger partial charge in [0.15, 0.2) is 0 Å². The molecule has 0 radical (unpaired) electrons. The summed E-state index contributed by atoms with van der Waals surface area (Å²) in [5, 5.41) is 16.0. The summed E-state index contributed by atoms with van der Waals surface area (Å²) in [6.07, 6.45) is 1.48. The molecular formula is C21H18N4O3. The Hall–Kier alpha value is -3.92. The highest BCUT2D eigenvalue weighted by atomic mass is 16.5. The fourth-order valence-electron chi connectivity index (χ4n) is 2.70. The van der Waals surface area contributed by atoms with Crippen LogP contribution in [-0.4, -0.2) is 28.3 Å². The van der Waals surface area contributed by atoms with E-state index in [1.165, 1.54) is 12.3 Å². The molecule has 2 aromatic carbocycles. The van der Waals surface area contributed by atoms with Gasteiger partial charge in [0, 0.05) is 11.3 Å². The quantitative estimate of drug-likeness (QED) is 0.690. The molecule has 1 N–H and O–H groups in total. The van der Waals surface area contributed by atoms with Crippen LogP contribution >= 0.6 is 0 Å². The van der Waals surface area contributed by atoms with Crippen molar-refractivity contribution in [3.05, 3.63) is 77.1 Å². The van der Waals surface area contributed by atoms with Gasteiger partial charge in [0.1, 0.15) is 5.56 Å². The van der Waals surface area contributed by atoms with E-state index >= 15 is 0 Å². The molecule has 7 nitrogen and oxygen atoms in total. The second kappa shape index (κ2) is 8.18. The van der Waals surface area contributed by atoms with Crippen LogP contribution in [0.4, 0.5) is 5.69 Å². The molecule has 0 spiro atoms. The monoisotopic (exact) mass is 374 g/mol. The number of carbonyl (C=O) groups is 2. The van der Waals surface area contributed by atoms with E-state index in [-0.39, 0.29) is 5.91 Å². The number of aromatic nitrogens is 2. The molecule has 0 fully saturated rings. The largest absolute Gasteiger partial charge is 0.462 e. The van der Waals surface area contributed by atoms with Gasteiger partial charge in [0.05, 0.1) is 35.8 Å². The Bertz CT molecular complexity index is 1060. The Balaban J connectivity index is 1.76. The van der Waals surface area contributed by atoms with Gasteiger partial charge in [-0.05, 0) is 56.3 Å². The number of ether oxygens (including phenoxy) is 1. The zero-order valence-electron chi connectivity index (χ0n) is 15.5. The molecule has 3 aromatic rings. The molecule has 1 aromatic heterocycles. The molecule has 0 atom stereocenters. The summed E-state index contributed by atoms with van der Waals surface area (Å²) in [5.41, 5.74) is 3.27. The van der Waals surface area contributed by atoms with Crippen LogP contribution in [0.1, 0.15) is 38.9 Å². The summed E-state index contributed by atoms with van der Waals surface area (Å²) in [6, 6.07) is 15.6. The molecule has 28 heavy (non-hydrogen) atoms. The normalized spacial score (nSPS) is 10.2. The number of esters is 1. The predicted molar refractivity (Wildman–Crippen MR) is 103 cm³/mol. The number of nitrogens with zero attached hydrogens (tertiary/aromatic N) is 3. The van der Waals surface area contributed by atoms with Crippen molar-refractivity contribution in [1.29, 1.82) is 5.26 Å². The van der Waals surface area contributed by atoms with Crippen LogP contribution in [-0.2, 0) is 4.74 Å². The zero-order valence-corrected chi connectivity index (χ0v) is 15.5. The van der Waals surface area contributed by atoms with Crippen LogP contribution < -0.4 is 5.32 Å². The Kier molecular flexibility index (Phi) is 5.51. The molecule has 0 aliphatic rings. The number of hydrogen-bond acceptors (Lipinski definition) is 5. The fraction of sp³-hybridized carbons (Fsp3) is 0.143. The highest BCUT2D eigenvalue weighted by Gasteiger charge is 2.16. The Morgan fingerprint density at radius 3 is 2.64 bits per heavy atom. The van der Waals surface area contributed by atoms with Crippen LogP contribution in [0.15, 0.2) is 54.7 Å². The Morgan fingerprint density at radius 1 is 1.21 bits per heavy atom. The first-order valence-corrected chi connectivity index (χ1v) is 8.67. The number of rotatable bonds is 5. The van der Waals surface area contributed by atoms with E-state index in [2.05, 4.69) is 10.4 Å². The smallest absolute Gasteiger partial charge is 0.341 e. The van der Waals surface area contributed by atoms with Crippen LogP contribution in [0.3, 0.4) is 0 Å². The number of benzene rings is 2. The highest BCUT2D eigenvalue weighted by molar-refractivity contribution is 6.04. The minimum Gasteiger partial charge on any atom is -0.462 e. The predicted octanol–water partition coefficient (Wildman–Crippen LogP) is 3.48. The number of amides is 1. The van der Waals surface area contributed by atoms with Gasteiger partial charge in [0.25, 0.3) is 5.91 Å². The second-order valence-electron chi connectivity index (χ2n) is 5.97. The van der Waals surface area contributed by atoms with Crippen LogP contribution in [0.25, 0.3) is 5.69 Å². The average Bonchev–Trinajstić information content (AvgIpc) is 3.10. The van der Waals surface area contributed by atoms with Crippen molar-refractivity contribution in [2.75, 3.05) is 11.9 Å². The molecule has 3 rings (SSSR count). The number of nitrogens with one attached hydrogen (secondary N) is 1. The van der Waals surface area contributed by atoms with E-state index in [0.717, 1.165) is 5.69 Å². The number of carbonyl (C=O) groups excluding carboxylic acids is 2. The summed E-state index contributed by atoms with van der Waals surface area (Å²) in [7, 11) is 0. The van der Waals surface area contributed by atoms with Crippen molar-refractivity contribution in [2.45, 2.75) is 13.8 Å². The molecule has 0 bridgehead atoms. The van der Waals surface area contributed by atoms with Gasteiger partial charge in [0.2, 0.25) is 0 Å². The Labute approximate surface area is 162 Å². The van der Waals surface area contributed by atoms with Crippen molar-refractivity contribution >= 4 is 17.6 Å². The maximum Gasteiger partial charge on any atom is 0.341 e. The lowest BCUT2D eigenvalue weighted by molar-refractivity contribution is 0.0525. The molecule has 0 unspecified atom stereocenters. The van der Waals surface area contributed by atoms with Crippen LogP contribution in [0, 0.1) is 18.3 Å². The summed E-state index contributed by atoms with van der Waals surface area (Å²) < 4.78 is 6.65. The molecular weight excluding hydrogens is 356 g/mol. The van der Waals surface area contributed by atoms with Gasteiger partial charge < -0.3 is 10.1 Å². The van der Waals surface area contributed by atoms with E-state index in [1.54, 1.807) is 61.0 Å². The number of nitriles is 1. The first kappa shape index (κ1) is 18.9. The molecule has 1 heterocycles. The summed E-state index contributed by atoms with van der Waals surface area (Å²) >= 11 is 0. The van der Waals surface area contributed by atoms with Crippen molar-refractivity contribution in [3.63, 3.8) is 0 Å². The van der Waals surface area contributed by atoms with E-state index in [4.69, 9.17) is 10.00 Å². The molecule has 0 aliphatic heterocycles. The Morgan fingerprint density at radius 2 is 1.96 bits per heavy atom. The molecule has 7 heteroatoms. The van der Waals surface area contributed by atoms with Gasteiger partial charge in [-0.2, -0.15) is 10.4 Å². The topological polar surface area (TPSA) is 97.0 Å². The first-order valence-electron chi connectivity index (χ1n) is 8.67. The van der Waals surface area contributed by atoms with E-state index in [1.807, 2.05) is 6.07 Å². The van der Waals surface area contributed by atoms with Crippen LogP contribution in [0.2, 0.25) is 0 Å². The van der Waals surface area contributed by atoms with Gasteiger partial charge in [-0.3, -0.25) is 4.79 Å². The third kappa shape index (κ3) is 3.91. The van der Waals surface area contributed by atoms with Crippen molar-refractivity contribution < 1.29 is 14.3 Å². The second-order valence-corrected chi connectivity index (χ2v) is 5.97. The molecule has 0 aliphatic carbocycles. The van der Waals surface area contributed by atoms with Gasteiger partial charge >= 0.3 is 5.97 Å². The maximum atomic E-state index is 12.3. The lowest BCUT2D eigenvalue weighted by Gasteiger charge is -2.09. The lowest BCUT2D eigenvalue weighted by atomic mass is 10.1. The van der Waals surface area contributed by atoms with Crippen LogP contribution in [0.5, 0.6) is 0 Å². The summed E-state index contributed by atoms with van der Waals surface area (Å²) in [5.74, 6) is -0.709. The van der Waals surface area contributed by atoms with Crippen molar-refractivity contribution in [2.24, 2.45) is 0 Å². The minimum absolute atomic E-state index is 0.301. The van der Waals surface area contributed by atoms with E-state index in [9.17, 15) is 9.59 Å². The van der Waals surface area contributed by atoms with E-state index in [0.29, 0.717) is 34.7 Å². The SMILES string of the molecule is CCOC(=O)c1cnn(-c2ccc(NC(=O)c3cccc(C#N)c3)cc2)c1C. The minimum atomic E-state index is -0.408. The number of hydrogen-bond donors (Lipinski definition) is 1. The van der Waals surface area contributed by atoms with Gasteiger partial charge in [-0.25, -0.2) is 9.48 Å². The third-order valence-electron chi connectivity index (χ3n) is 4.13. The molecule has 0 saturated carbocycles. The maximum absolute atomic E-state index is 12.3. The number of anilines is 1. The lowest BCUT2D eigenvalue weighted by Crippen LogP contribution is -2.12. The van der Waals surface area contributed by atoms with Crippen molar-refractivity contribution in [3.8, 4) is 11.8 Å². The summed E-state index contributed by atoms with van der Waals surface area (Å²) in [4.78, 5) is 24.3. The van der Waals surface area contributed by atoms with E-state index < -0.39 is 5.97 Å². The van der Waals surface area contributed by atoms with Crippen molar-refractivity contribution in [1.82, 2.24) is 9.78 Å². The summed E-state index contributed by atoms with van der Waals surface area (Å²) in [6.45, 7) is 3.84. The molecule has 0 saturated heterocycles. The van der Waals surface area contributed by atoms with Gasteiger partial charge in [-0.1, -0.05) is 6.07 Å². The fourth-order valence-corrected chi connectivity index (χ4v) is 2.70.